The highest BCUT2D eigenvalue weighted by molar-refractivity contribution is 5.85. The molecule has 0 bridgehead atoms. The standard InChI is InChI=1S/C15H18FN3O.ClH/c1-11-8-17-6-7-19(11)9-14-10-20-15(18-14)12-2-4-13(16)5-3-12;/h2-5,10-11,17H,6-9H2,1H3;1H. The molecule has 0 radical (unpaired) electrons. The molecular weight excluding hydrogens is 293 g/mol. The van der Waals surface area contributed by atoms with Crippen molar-refractivity contribution in [3.63, 3.8) is 0 Å². The molecule has 1 aromatic heterocycles. The molecule has 2 aromatic rings. The van der Waals surface area contributed by atoms with Crippen LogP contribution in [0.15, 0.2) is 34.9 Å². The Balaban J connectivity index is 0.00000161. The number of nitrogens with zero attached hydrogens (tertiary/aromatic N) is 2. The van der Waals surface area contributed by atoms with Crippen LogP contribution in [-0.4, -0.2) is 35.6 Å². The number of hydrogen-bond donors (Lipinski definition) is 1. The summed E-state index contributed by atoms with van der Waals surface area (Å²) >= 11 is 0. The maximum atomic E-state index is 12.9. The Morgan fingerprint density at radius 1 is 1.38 bits per heavy atom. The first-order valence-electron chi connectivity index (χ1n) is 6.87. The van der Waals surface area contributed by atoms with Crippen LogP contribution in [0, 0.1) is 5.82 Å². The molecule has 0 spiro atoms. The summed E-state index contributed by atoms with van der Waals surface area (Å²) in [7, 11) is 0. The Morgan fingerprint density at radius 3 is 2.86 bits per heavy atom. The van der Waals surface area contributed by atoms with Crippen LogP contribution >= 0.6 is 12.4 Å². The molecule has 1 atom stereocenters. The molecule has 3 rings (SSSR count). The lowest BCUT2D eigenvalue weighted by Crippen LogP contribution is -2.49. The normalized spacial score (nSPS) is 19.2. The first-order valence-corrected chi connectivity index (χ1v) is 6.87. The van der Waals surface area contributed by atoms with E-state index in [4.69, 9.17) is 4.42 Å². The minimum atomic E-state index is -0.254. The van der Waals surface area contributed by atoms with Gasteiger partial charge in [0.15, 0.2) is 0 Å². The van der Waals surface area contributed by atoms with Crippen molar-refractivity contribution in [1.29, 1.82) is 0 Å². The first kappa shape index (κ1) is 15.9. The number of rotatable bonds is 3. The summed E-state index contributed by atoms with van der Waals surface area (Å²) in [6.45, 7) is 6.01. The second-order valence-electron chi connectivity index (χ2n) is 5.17. The smallest absolute Gasteiger partial charge is 0.226 e. The molecule has 21 heavy (non-hydrogen) atoms. The van der Waals surface area contributed by atoms with E-state index in [2.05, 4.69) is 22.1 Å². The van der Waals surface area contributed by atoms with Crippen LogP contribution in [0.3, 0.4) is 0 Å². The predicted octanol–water partition coefficient (Wildman–Crippen LogP) is 2.70. The molecule has 1 aromatic carbocycles. The van der Waals surface area contributed by atoms with E-state index in [1.165, 1.54) is 12.1 Å². The molecule has 6 heteroatoms. The van der Waals surface area contributed by atoms with Crippen LogP contribution in [-0.2, 0) is 6.54 Å². The van der Waals surface area contributed by atoms with E-state index in [9.17, 15) is 4.39 Å². The molecule has 2 heterocycles. The van der Waals surface area contributed by atoms with Crippen LogP contribution in [0.5, 0.6) is 0 Å². The number of aromatic nitrogens is 1. The van der Waals surface area contributed by atoms with E-state index in [0.717, 1.165) is 37.4 Å². The highest BCUT2D eigenvalue weighted by Gasteiger charge is 2.19. The maximum absolute atomic E-state index is 12.9. The highest BCUT2D eigenvalue weighted by Crippen LogP contribution is 2.20. The van der Waals surface area contributed by atoms with Crippen molar-refractivity contribution in [1.82, 2.24) is 15.2 Å². The summed E-state index contributed by atoms with van der Waals surface area (Å²) in [6, 6.07) is 6.68. The minimum Gasteiger partial charge on any atom is -0.444 e. The Bertz CT molecular complexity index is 573. The van der Waals surface area contributed by atoms with Gasteiger partial charge in [0.1, 0.15) is 12.1 Å². The van der Waals surface area contributed by atoms with Gasteiger partial charge in [-0.3, -0.25) is 4.90 Å². The van der Waals surface area contributed by atoms with Crippen molar-refractivity contribution in [3.05, 3.63) is 42.0 Å². The van der Waals surface area contributed by atoms with Crippen molar-refractivity contribution in [2.24, 2.45) is 0 Å². The van der Waals surface area contributed by atoms with Crippen LogP contribution in [0.25, 0.3) is 11.5 Å². The lowest BCUT2D eigenvalue weighted by Gasteiger charge is -2.33. The molecule has 0 saturated carbocycles. The van der Waals surface area contributed by atoms with Gasteiger partial charge in [-0.25, -0.2) is 9.37 Å². The first-order chi connectivity index (χ1) is 9.72. The molecule has 114 valence electrons. The molecule has 1 aliphatic heterocycles. The van der Waals surface area contributed by atoms with Crippen LogP contribution in [0.2, 0.25) is 0 Å². The average Bonchev–Trinajstić information content (AvgIpc) is 2.91. The van der Waals surface area contributed by atoms with Gasteiger partial charge in [-0.15, -0.1) is 12.4 Å². The SMILES string of the molecule is CC1CNCCN1Cc1coc(-c2ccc(F)cc2)n1.Cl. The second kappa shape index (κ2) is 7.02. The van der Waals surface area contributed by atoms with E-state index in [1.807, 2.05) is 0 Å². The predicted molar refractivity (Wildman–Crippen MR) is 81.9 cm³/mol. The summed E-state index contributed by atoms with van der Waals surface area (Å²) in [5.41, 5.74) is 1.71. The fraction of sp³-hybridized carbons (Fsp3) is 0.400. The Hall–Kier alpha value is -1.43. The lowest BCUT2D eigenvalue weighted by atomic mass is 10.2. The van der Waals surface area contributed by atoms with Crippen molar-refractivity contribution in [3.8, 4) is 11.5 Å². The third-order valence-electron chi connectivity index (χ3n) is 3.65. The van der Waals surface area contributed by atoms with Crippen molar-refractivity contribution in [2.45, 2.75) is 19.5 Å². The Kier molecular flexibility index (Phi) is 5.33. The third-order valence-corrected chi connectivity index (χ3v) is 3.65. The Labute approximate surface area is 129 Å². The lowest BCUT2D eigenvalue weighted by molar-refractivity contribution is 0.163. The number of halogens is 2. The van der Waals surface area contributed by atoms with Gasteiger partial charge in [0.2, 0.25) is 5.89 Å². The van der Waals surface area contributed by atoms with E-state index in [-0.39, 0.29) is 18.2 Å². The van der Waals surface area contributed by atoms with Crippen molar-refractivity contribution >= 4 is 12.4 Å². The summed E-state index contributed by atoms with van der Waals surface area (Å²) in [5.74, 6) is 0.290. The van der Waals surface area contributed by atoms with E-state index < -0.39 is 0 Å². The van der Waals surface area contributed by atoms with Gasteiger partial charge >= 0.3 is 0 Å². The summed E-state index contributed by atoms with van der Waals surface area (Å²) in [6.07, 6.45) is 1.69. The Morgan fingerprint density at radius 2 is 2.14 bits per heavy atom. The fourth-order valence-electron chi connectivity index (χ4n) is 2.43. The van der Waals surface area contributed by atoms with Gasteiger partial charge < -0.3 is 9.73 Å². The largest absolute Gasteiger partial charge is 0.444 e. The molecule has 1 aliphatic rings. The van der Waals surface area contributed by atoms with Gasteiger partial charge in [-0.05, 0) is 31.2 Å². The summed E-state index contributed by atoms with van der Waals surface area (Å²) < 4.78 is 18.4. The molecule has 1 N–H and O–H groups in total. The van der Waals surface area contributed by atoms with Crippen LogP contribution in [0.1, 0.15) is 12.6 Å². The molecule has 0 amide bonds. The number of hydrogen-bond acceptors (Lipinski definition) is 4. The second-order valence-corrected chi connectivity index (χ2v) is 5.17. The summed E-state index contributed by atoms with van der Waals surface area (Å²) in [5, 5.41) is 3.37. The highest BCUT2D eigenvalue weighted by atomic mass is 35.5. The van der Waals surface area contributed by atoms with E-state index >= 15 is 0 Å². The molecule has 0 aliphatic carbocycles. The van der Waals surface area contributed by atoms with Gasteiger partial charge in [-0.2, -0.15) is 0 Å². The number of oxazole rings is 1. The van der Waals surface area contributed by atoms with Gasteiger partial charge in [-0.1, -0.05) is 0 Å². The molecule has 1 unspecified atom stereocenters. The average molecular weight is 312 g/mol. The zero-order valence-corrected chi connectivity index (χ0v) is 12.7. The zero-order valence-electron chi connectivity index (χ0n) is 11.9. The van der Waals surface area contributed by atoms with E-state index in [0.29, 0.717) is 11.9 Å². The molecule has 1 fully saturated rings. The van der Waals surface area contributed by atoms with E-state index in [1.54, 1.807) is 18.4 Å². The molecule has 4 nitrogen and oxygen atoms in total. The molecular formula is C15H19ClFN3O. The number of nitrogens with one attached hydrogen (secondary N) is 1. The van der Waals surface area contributed by atoms with Gasteiger partial charge in [0.25, 0.3) is 0 Å². The quantitative estimate of drug-likeness (QED) is 0.946. The van der Waals surface area contributed by atoms with Crippen molar-refractivity contribution in [2.75, 3.05) is 19.6 Å². The van der Waals surface area contributed by atoms with Crippen LogP contribution < -0.4 is 5.32 Å². The van der Waals surface area contributed by atoms with Crippen LogP contribution in [0.4, 0.5) is 4.39 Å². The number of piperazine rings is 1. The monoisotopic (exact) mass is 311 g/mol. The molecule has 1 saturated heterocycles. The third kappa shape index (κ3) is 3.81. The fourth-order valence-corrected chi connectivity index (χ4v) is 2.43. The summed E-state index contributed by atoms with van der Waals surface area (Å²) in [4.78, 5) is 6.87. The van der Waals surface area contributed by atoms with Crippen molar-refractivity contribution < 1.29 is 8.81 Å². The zero-order chi connectivity index (χ0) is 13.9. The number of benzene rings is 1. The van der Waals surface area contributed by atoms with Gasteiger partial charge in [0.05, 0.1) is 5.69 Å². The maximum Gasteiger partial charge on any atom is 0.226 e. The van der Waals surface area contributed by atoms with Gasteiger partial charge in [0, 0.05) is 37.8 Å². The minimum absolute atomic E-state index is 0. The topological polar surface area (TPSA) is 41.3 Å².